The number of nitriles is 1. The van der Waals surface area contributed by atoms with Crippen LogP contribution in [0.4, 0.5) is 35.2 Å². The van der Waals surface area contributed by atoms with Crippen molar-refractivity contribution in [2.45, 2.75) is 102 Å². The number of imide groups is 1. The molecule has 2 atom stereocenters. The van der Waals surface area contributed by atoms with E-state index < -0.39 is 34.8 Å². The van der Waals surface area contributed by atoms with Crippen LogP contribution in [0.1, 0.15) is 77.3 Å². The second-order valence-electron chi connectivity index (χ2n) is 15.7. The maximum Gasteiger partial charge on any atom is 0.417 e. The largest absolute Gasteiger partial charge is 0.417 e. The number of carbonyl (C=O) groups excluding carboxylic acids is 4. The van der Waals surface area contributed by atoms with E-state index in [0.717, 1.165) is 55.9 Å². The number of piperazine rings is 1. The lowest BCUT2D eigenvalue weighted by molar-refractivity contribution is -0.137. The fourth-order valence-corrected chi connectivity index (χ4v) is 8.96. The van der Waals surface area contributed by atoms with Crippen LogP contribution in [-0.2, 0) is 25.3 Å². The van der Waals surface area contributed by atoms with Crippen molar-refractivity contribution in [3.8, 4) is 6.07 Å². The predicted octanol–water partition coefficient (Wildman–Crippen LogP) is 4.88. The number of nitrogens with one attached hydrogen (secondary N) is 2. The standard InChI is InChI=1S/C39H48F3N9O5S/c1-24-21-47(22-25(2)49(24)23-34(53)45-27-7-13-32(44-20-27)48-16-14-33(52)46-36(48)55)15-5-17-56-30-11-9-28(10-12-30)51-37(57)50(35(54)38(51,3)4)29-8-6-26(19-43)31(18-29)39(40,41)42/h6-8,13,18,20,24-25,28,30H,5,9-12,14-17,21-23H2,1-4H3,(H,45,53)(H,46,52,55)/t24-,25+,28?,30?. The van der Waals surface area contributed by atoms with E-state index in [9.17, 15) is 37.6 Å². The molecule has 0 spiro atoms. The quantitative estimate of drug-likeness (QED) is 0.236. The predicted molar refractivity (Wildman–Crippen MR) is 209 cm³/mol. The second kappa shape index (κ2) is 17.0. The Morgan fingerprint density at radius 3 is 2.40 bits per heavy atom. The number of hydrogen-bond acceptors (Lipinski definition) is 10. The van der Waals surface area contributed by atoms with Crippen LogP contribution in [0, 0.1) is 11.3 Å². The third-order valence-corrected chi connectivity index (χ3v) is 11.6. The summed E-state index contributed by atoms with van der Waals surface area (Å²) in [7, 11) is 0. The number of amides is 5. The molecule has 57 heavy (non-hydrogen) atoms. The van der Waals surface area contributed by atoms with E-state index in [1.165, 1.54) is 17.2 Å². The first-order chi connectivity index (χ1) is 27.0. The molecule has 2 N–H and O–H groups in total. The van der Waals surface area contributed by atoms with Gasteiger partial charge in [0.2, 0.25) is 11.8 Å². The van der Waals surface area contributed by atoms with Crippen LogP contribution in [-0.4, -0.2) is 118 Å². The van der Waals surface area contributed by atoms with Crippen molar-refractivity contribution in [3.05, 3.63) is 47.7 Å². The van der Waals surface area contributed by atoms with Gasteiger partial charge in [0.1, 0.15) is 11.4 Å². The van der Waals surface area contributed by atoms with Crippen molar-refractivity contribution in [2.24, 2.45) is 0 Å². The number of halogens is 3. The smallest absolute Gasteiger partial charge is 0.378 e. The number of anilines is 3. The van der Waals surface area contributed by atoms with Crippen LogP contribution >= 0.6 is 12.2 Å². The van der Waals surface area contributed by atoms with Gasteiger partial charge in [0.05, 0.1) is 47.4 Å². The summed E-state index contributed by atoms with van der Waals surface area (Å²) >= 11 is 5.73. The summed E-state index contributed by atoms with van der Waals surface area (Å²) in [4.78, 5) is 63.4. The van der Waals surface area contributed by atoms with E-state index in [4.69, 9.17) is 17.0 Å². The average molecular weight is 812 g/mol. The topological polar surface area (TPSA) is 154 Å². The van der Waals surface area contributed by atoms with Crippen molar-refractivity contribution in [1.82, 2.24) is 25.0 Å². The fraction of sp³-hybridized carbons (Fsp3) is 0.564. The normalized spacial score (nSPS) is 24.8. The molecule has 3 aliphatic heterocycles. The molecule has 3 saturated heterocycles. The van der Waals surface area contributed by atoms with Crippen LogP contribution in [0.5, 0.6) is 0 Å². The van der Waals surface area contributed by atoms with E-state index in [1.54, 1.807) is 32.0 Å². The molecular formula is C39H48F3N9O5S. The van der Waals surface area contributed by atoms with Gasteiger partial charge in [-0.2, -0.15) is 18.4 Å². The highest BCUT2D eigenvalue weighted by atomic mass is 32.1. The molecule has 0 unspecified atom stereocenters. The average Bonchev–Trinajstić information content (AvgIpc) is 3.33. The molecule has 6 rings (SSSR count). The SMILES string of the molecule is C[C@@H]1CN(CCCOC2CCC(N3C(=S)N(c4ccc(C#N)c(C(F)(F)F)c4)C(=O)C3(C)C)CC2)C[C@H](C)N1CC(=O)Nc1ccc(N2CCC(=O)NC2=O)nc1. The summed E-state index contributed by atoms with van der Waals surface area (Å²) in [5.41, 5.74) is -2.18. The number of ether oxygens (including phenoxy) is 1. The summed E-state index contributed by atoms with van der Waals surface area (Å²) in [5, 5.41) is 14.5. The first-order valence-electron chi connectivity index (χ1n) is 19.2. The Bertz CT molecular complexity index is 1900. The highest BCUT2D eigenvalue weighted by molar-refractivity contribution is 7.80. The van der Waals surface area contributed by atoms with Crippen LogP contribution < -0.4 is 20.4 Å². The molecule has 2 aromatic rings. The van der Waals surface area contributed by atoms with Crippen LogP contribution in [0.3, 0.4) is 0 Å². The minimum absolute atomic E-state index is 0.0103. The van der Waals surface area contributed by atoms with Gasteiger partial charge in [-0.15, -0.1) is 0 Å². The van der Waals surface area contributed by atoms with Crippen molar-refractivity contribution in [3.63, 3.8) is 0 Å². The number of carbonyl (C=O) groups is 4. The van der Waals surface area contributed by atoms with E-state index in [1.807, 2.05) is 4.90 Å². The molecule has 306 valence electrons. The molecule has 4 fully saturated rings. The summed E-state index contributed by atoms with van der Waals surface area (Å²) in [6.45, 7) is 11.2. The van der Waals surface area contributed by atoms with Gasteiger partial charge in [-0.3, -0.25) is 34.4 Å². The molecular weight excluding hydrogens is 764 g/mol. The van der Waals surface area contributed by atoms with Crippen molar-refractivity contribution in [2.75, 3.05) is 54.4 Å². The van der Waals surface area contributed by atoms with E-state index in [0.29, 0.717) is 31.0 Å². The molecule has 0 radical (unpaired) electrons. The third-order valence-electron chi connectivity index (χ3n) is 11.3. The Morgan fingerprint density at radius 2 is 1.79 bits per heavy atom. The van der Waals surface area contributed by atoms with Gasteiger partial charge < -0.3 is 19.9 Å². The van der Waals surface area contributed by atoms with Crippen molar-refractivity contribution in [1.29, 1.82) is 5.26 Å². The lowest BCUT2D eigenvalue weighted by Gasteiger charge is -2.44. The number of aromatic nitrogens is 1. The fourth-order valence-electron chi connectivity index (χ4n) is 8.39. The molecule has 4 aliphatic rings. The number of nitrogens with zero attached hydrogens (tertiary/aromatic N) is 7. The Kier molecular flexibility index (Phi) is 12.5. The van der Waals surface area contributed by atoms with Gasteiger partial charge in [0.15, 0.2) is 5.11 Å². The number of thiocarbonyl (C=S) groups is 1. The van der Waals surface area contributed by atoms with Gasteiger partial charge >= 0.3 is 12.2 Å². The molecule has 4 heterocycles. The monoisotopic (exact) mass is 811 g/mol. The number of pyridine rings is 1. The zero-order chi connectivity index (χ0) is 41.2. The molecule has 1 aromatic heterocycles. The summed E-state index contributed by atoms with van der Waals surface area (Å²) in [6.07, 6.45) is 0.766. The summed E-state index contributed by atoms with van der Waals surface area (Å²) in [5.74, 6) is -0.501. The number of urea groups is 1. The Balaban J connectivity index is 0.918. The third kappa shape index (κ3) is 9.22. The zero-order valence-electron chi connectivity index (χ0n) is 32.5. The van der Waals surface area contributed by atoms with Gasteiger partial charge in [-0.05, 0) is 102 Å². The summed E-state index contributed by atoms with van der Waals surface area (Å²) < 4.78 is 47.4. The molecule has 0 bridgehead atoms. The summed E-state index contributed by atoms with van der Waals surface area (Å²) in [6, 6.07) is 7.80. The number of benzene rings is 1. The van der Waals surface area contributed by atoms with Crippen molar-refractivity contribution >= 4 is 58.3 Å². The zero-order valence-corrected chi connectivity index (χ0v) is 33.3. The van der Waals surface area contributed by atoms with Gasteiger partial charge in [-0.1, -0.05) is 0 Å². The molecule has 1 aliphatic carbocycles. The van der Waals surface area contributed by atoms with Gasteiger partial charge in [-0.25, -0.2) is 9.78 Å². The van der Waals surface area contributed by atoms with Crippen LogP contribution in [0.15, 0.2) is 36.5 Å². The Morgan fingerprint density at radius 1 is 1.09 bits per heavy atom. The number of rotatable bonds is 11. The van der Waals surface area contributed by atoms with Crippen LogP contribution in [0.2, 0.25) is 0 Å². The lowest BCUT2D eigenvalue weighted by Crippen LogP contribution is -2.58. The lowest BCUT2D eigenvalue weighted by atomic mass is 9.89. The minimum Gasteiger partial charge on any atom is -0.378 e. The van der Waals surface area contributed by atoms with Gasteiger partial charge in [0, 0.05) is 57.3 Å². The molecule has 1 aromatic carbocycles. The maximum atomic E-state index is 13.7. The first-order valence-corrected chi connectivity index (χ1v) is 19.6. The maximum absolute atomic E-state index is 13.7. The molecule has 1 saturated carbocycles. The van der Waals surface area contributed by atoms with Crippen LogP contribution in [0.25, 0.3) is 0 Å². The minimum atomic E-state index is -4.76. The number of alkyl halides is 3. The highest BCUT2D eigenvalue weighted by Gasteiger charge is 2.52. The van der Waals surface area contributed by atoms with Gasteiger partial charge in [0.25, 0.3) is 5.91 Å². The molecule has 14 nitrogen and oxygen atoms in total. The molecule has 5 amide bonds. The van der Waals surface area contributed by atoms with E-state index >= 15 is 0 Å². The van der Waals surface area contributed by atoms with Crippen molar-refractivity contribution < 1.29 is 37.1 Å². The molecule has 18 heteroatoms. The van der Waals surface area contributed by atoms with E-state index in [-0.39, 0.29) is 66.4 Å². The van der Waals surface area contributed by atoms with E-state index in [2.05, 4.69) is 39.3 Å². The Hall–Kier alpha value is -4.70. The Labute approximate surface area is 335 Å². The second-order valence-corrected chi connectivity index (χ2v) is 16.0. The highest BCUT2D eigenvalue weighted by Crippen LogP contribution is 2.40. The number of hydrogen-bond donors (Lipinski definition) is 2. The first kappa shape index (κ1) is 41.9.